The summed E-state index contributed by atoms with van der Waals surface area (Å²) in [5.41, 5.74) is -0.224. The first-order valence-corrected chi connectivity index (χ1v) is 5.31. The average Bonchev–Trinajstić information content (AvgIpc) is 2.27. The van der Waals surface area contributed by atoms with Crippen LogP contribution in [0.3, 0.4) is 0 Å². The van der Waals surface area contributed by atoms with E-state index in [9.17, 15) is 0 Å². The molecule has 90 valence electrons. The molecule has 0 spiro atoms. The van der Waals surface area contributed by atoms with Crippen LogP contribution in [0.25, 0.3) is 0 Å². The van der Waals surface area contributed by atoms with E-state index in [-0.39, 0.29) is 5.60 Å². The molecule has 1 aromatic heterocycles. The van der Waals surface area contributed by atoms with Gasteiger partial charge in [0.1, 0.15) is 0 Å². The zero-order valence-corrected chi connectivity index (χ0v) is 10.3. The third-order valence-corrected chi connectivity index (χ3v) is 2.07. The molecule has 0 radical (unpaired) electrons. The number of ether oxygens (including phenoxy) is 2. The molecule has 0 fully saturated rings. The summed E-state index contributed by atoms with van der Waals surface area (Å²) in [6.07, 6.45) is 3.26. The van der Waals surface area contributed by atoms with Crippen LogP contribution >= 0.6 is 0 Å². The Kier molecular flexibility index (Phi) is 4.49. The lowest BCUT2D eigenvalue weighted by Crippen LogP contribution is -2.33. The molecular weight excluding hydrogens is 206 g/mol. The van der Waals surface area contributed by atoms with Gasteiger partial charge >= 0.3 is 0 Å². The number of nitrogens with one attached hydrogen (secondary N) is 1. The standard InChI is InChI=1S/C11H19N3O2/c1-5-16-11(2,3)8-14-10-12-6-9(15-4)7-13-10/h6-7H,5,8H2,1-4H3,(H,12,13,14). The Labute approximate surface area is 96.2 Å². The second kappa shape index (κ2) is 5.65. The fraction of sp³-hybridized carbons (Fsp3) is 0.636. The van der Waals surface area contributed by atoms with Gasteiger partial charge in [-0.15, -0.1) is 0 Å². The Morgan fingerprint density at radius 2 is 1.94 bits per heavy atom. The Balaban J connectivity index is 2.48. The summed E-state index contributed by atoms with van der Waals surface area (Å²) in [6, 6.07) is 0. The molecule has 0 saturated heterocycles. The van der Waals surface area contributed by atoms with Gasteiger partial charge in [0.15, 0.2) is 5.75 Å². The van der Waals surface area contributed by atoms with E-state index < -0.39 is 0 Å². The first-order valence-electron chi connectivity index (χ1n) is 5.31. The number of hydrogen-bond acceptors (Lipinski definition) is 5. The Hall–Kier alpha value is -1.36. The molecule has 0 aliphatic heterocycles. The van der Waals surface area contributed by atoms with Crippen LogP contribution in [0.5, 0.6) is 5.75 Å². The van der Waals surface area contributed by atoms with Gasteiger partial charge in [-0.25, -0.2) is 9.97 Å². The minimum Gasteiger partial charge on any atom is -0.494 e. The van der Waals surface area contributed by atoms with Gasteiger partial charge in [0, 0.05) is 13.2 Å². The molecular formula is C11H19N3O2. The van der Waals surface area contributed by atoms with Gasteiger partial charge in [-0.3, -0.25) is 0 Å². The van der Waals surface area contributed by atoms with Crippen LogP contribution in [0.15, 0.2) is 12.4 Å². The summed E-state index contributed by atoms with van der Waals surface area (Å²) in [7, 11) is 1.59. The third kappa shape index (κ3) is 4.02. The molecule has 5 nitrogen and oxygen atoms in total. The molecule has 1 heterocycles. The minimum absolute atomic E-state index is 0.224. The molecule has 0 bridgehead atoms. The maximum atomic E-state index is 5.55. The zero-order valence-electron chi connectivity index (χ0n) is 10.3. The number of rotatable bonds is 6. The van der Waals surface area contributed by atoms with Crippen LogP contribution in [0.1, 0.15) is 20.8 Å². The van der Waals surface area contributed by atoms with Crippen molar-refractivity contribution in [3.05, 3.63) is 12.4 Å². The minimum atomic E-state index is -0.224. The van der Waals surface area contributed by atoms with Crippen molar-refractivity contribution in [2.75, 3.05) is 25.6 Å². The van der Waals surface area contributed by atoms with Crippen molar-refractivity contribution in [1.82, 2.24) is 9.97 Å². The van der Waals surface area contributed by atoms with Gasteiger partial charge < -0.3 is 14.8 Å². The smallest absolute Gasteiger partial charge is 0.222 e. The predicted molar refractivity (Wildman–Crippen MR) is 62.8 cm³/mol. The fourth-order valence-corrected chi connectivity index (χ4v) is 1.25. The summed E-state index contributed by atoms with van der Waals surface area (Å²) in [6.45, 7) is 7.37. The molecule has 0 saturated carbocycles. The topological polar surface area (TPSA) is 56.3 Å². The highest BCUT2D eigenvalue weighted by Gasteiger charge is 2.17. The molecule has 0 aliphatic carbocycles. The second-order valence-electron chi connectivity index (χ2n) is 3.99. The lowest BCUT2D eigenvalue weighted by molar-refractivity contribution is 0.000582. The van der Waals surface area contributed by atoms with Crippen molar-refractivity contribution in [3.8, 4) is 5.75 Å². The summed E-state index contributed by atoms with van der Waals surface area (Å²) >= 11 is 0. The van der Waals surface area contributed by atoms with Crippen molar-refractivity contribution in [2.24, 2.45) is 0 Å². The molecule has 0 aromatic carbocycles. The molecule has 1 rings (SSSR count). The lowest BCUT2D eigenvalue weighted by Gasteiger charge is -2.24. The first-order chi connectivity index (χ1) is 7.57. The van der Waals surface area contributed by atoms with E-state index in [1.54, 1.807) is 19.5 Å². The van der Waals surface area contributed by atoms with E-state index in [2.05, 4.69) is 15.3 Å². The van der Waals surface area contributed by atoms with E-state index in [1.807, 2.05) is 20.8 Å². The van der Waals surface area contributed by atoms with E-state index >= 15 is 0 Å². The van der Waals surface area contributed by atoms with Crippen molar-refractivity contribution >= 4 is 5.95 Å². The highest BCUT2D eigenvalue weighted by Crippen LogP contribution is 2.11. The highest BCUT2D eigenvalue weighted by atomic mass is 16.5. The molecule has 5 heteroatoms. The van der Waals surface area contributed by atoms with Crippen LogP contribution in [-0.2, 0) is 4.74 Å². The SMILES string of the molecule is CCOC(C)(C)CNc1ncc(OC)cn1. The first kappa shape index (κ1) is 12.7. The largest absolute Gasteiger partial charge is 0.494 e. The van der Waals surface area contributed by atoms with Crippen molar-refractivity contribution in [3.63, 3.8) is 0 Å². The molecule has 1 aromatic rings. The Morgan fingerprint density at radius 3 is 2.44 bits per heavy atom. The van der Waals surface area contributed by atoms with Gasteiger partial charge in [-0.2, -0.15) is 0 Å². The summed E-state index contributed by atoms with van der Waals surface area (Å²) in [5, 5.41) is 3.12. The van der Waals surface area contributed by atoms with Crippen molar-refractivity contribution < 1.29 is 9.47 Å². The maximum absolute atomic E-state index is 5.55. The fourth-order valence-electron chi connectivity index (χ4n) is 1.25. The van der Waals surface area contributed by atoms with E-state index in [4.69, 9.17) is 9.47 Å². The molecule has 0 aliphatic rings. The van der Waals surface area contributed by atoms with Crippen LogP contribution in [0.4, 0.5) is 5.95 Å². The van der Waals surface area contributed by atoms with E-state index in [1.165, 1.54) is 0 Å². The molecule has 16 heavy (non-hydrogen) atoms. The summed E-state index contributed by atoms with van der Waals surface area (Å²) in [4.78, 5) is 8.22. The van der Waals surface area contributed by atoms with Crippen LogP contribution < -0.4 is 10.1 Å². The predicted octanol–water partition coefficient (Wildman–Crippen LogP) is 1.71. The molecule has 0 unspecified atom stereocenters. The zero-order chi connectivity index (χ0) is 12.0. The number of anilines is 1. The second-order valence-corrected chi connectivity index (χ2v) is 3.99. The highest BCUT2D eigenvalue weighted by molar-refractivity contribution is 5.27. The monoisotopic (exact) mass is 225 g/mol. The summed E-state index contributed by atoms with van der Waals surface area (Å²) < 4.78 is 10.5. The van der Waals surface area contributed by atoms with E-state index in [0.717, 1.165) is 0 Å². The lowest BCUT2D eigenvalue weighted by atomic mass is 10.1. The summed E-state index contributed by atoms with van der Waals surface area (Å²) in [5.74, 6) is 1.23. The molecule has 0 amide bonds. The Morgan fingerprint density at radius 1 is 1.31 bits per heavy atom. The van der Waals surface area contributed by atoms with Crippen LogP contribution in [-0.4, -0.2) is 35.8 Å². The van der Waals surface area contributed by atoms with E-state index in [0.29, 0.717) is 24.8 Å². The van der Waals surface area contributed by atoms with Gasteiger partial charge in [0.05, 0.1) is 25.1 Å². The van der Waals surface area contributed by atoms with Crippen molar-refractivity contribution in [1.29, 1.82) is 0 Å². The number of hydrogen-bond donors (Lipinski definition) is 1. The van der Waals surface area contributed by atoms with Gasteiger partial charge in [-0.05, 0) is 20.8 Å². The maximum Gasteiger partial charge on any atom is 0.222 e. The molecule has 1 N–H and O–H groups in total. The normalized spacial score (nSPS) is 11.2. The number of aromatic nitrogens is 2. The van der Waals surface area contributed by atoms with Gasteiger partial charge in [-0.1, -0.05) is 0 Å². The third-order valence-electron chi connectivity index (χ3n) is 2.07. The Bertz CT molecular complexity index is 312. The quantitative estimate of drug-likeness (QED) is 0.798. The van der Waals surface area contributed by atoms with Gasteiger partial charge in [0.25, 0.3) is 0 Å². The average molecular weight is 225 g/mol. The van der Waals surface area contributed by atoms with Crippen LogP contribution in [0, 0.1) is 0 Å². The number of methoxy groups -OCH3 is 1. The van der Waals surface area contributed by atoms with Crippen LogP contribution in [0.2, 0.25) is 0 Å². The molecule has 0 atom stereocenters. The number of nitrogens with zero attached hydrogens (tertiary/aromatic N) is 2. The van der Waals surface area contributed by atoms with Crippen molar-refractivity contribution in [2.45, 2.75) is 26.4 Å². The van der Waals surface area contributed by atoms with Gasteiger partial charge in [0.2, 0.25) is 5.95 Å².